The van der Waals surface area contributed by atoms with E-state index in [4.69, 9.17) is 5.73 Å². The van der Waals surface area contributed by atoms with Gasteiger partial charge in [-0.15, -0.1) is 0 Å². The highest BCUT2D eigenvalue weighted by molar-refractivity contribution is 7.85. The average Bonchev–Trinajstić information content (AvgIpc) is 2.72. The molecule has 1 aromatic carbocycles. The van der Waals surface area contributed by atoms with E-state index in [0.717, 1.165) is 11.3 Å². The van der Waals surface area contributed by atoms with Gasteiger partial charge in [0, 0.05) is 23.8 Å². The zero-order chi connectivity index (χ0) is 14.8. The SMILES string of the molecule is NC(=O)C1=[N+](CCCCS(=O)(=O)[O-])c2ccccc2C1. The molecule has 20 heavy (non-hydrogen) atoms. The van der Waals surface area contributed by atoms with Crippen molar-refractivity contribution in [1.82, 2.24) is 0 Å². The summed E-state index contributed by atoms with van der Waals surface area (Å²) in [4.78, 5) is 11.5. The second-order valence-electron chi connectivity index (χ2n) is 4.74. The molecule has 0 fully saturated rings. The van der Waals surface area contributed by atoms with Gasteiger partial charge in [-0.1, -0.05) is 18.2 Å². The first-order valence-electron chi connectivity index (χ1n) is 6.33. The molecule has 108 valence electrons. The van der Waals surface area contributed by atoms with Crippen LogP contribution in [-0.4, -0.2) is 41.5 Å². The van der Waals surface area contributed by atoms with Crippen LogP contribution in [0.5, 0.6) is 0 Å². The highest BCUT2D eigenvalue weighted by atomic mass is 32.2. The largest absolute Gasteiger partial charge is 0.748 e. The number of nitrogens with two attached hydrogens (primary N) is 1. The van der Waals surface area contributed by atoms with E-state index in [1.165, 1.54) is 0 Å². The number of primary amides is 1. The van der Waals surface area contributed by atoms with Gasteiger partial charge in [-0.05, 0) is 6.42 Å². The standard InChI is InChI=1S/C13H16N2O4S/c14-13(16)12-9-10-5-1-2-6-11(10)15(12)7-3-4-8-20(17,18)19/h1-2,5-6H,3-4,7-9H2,(H2-,14,16,17,18,19). The first-order chi connectivity index (χ1) is 9.38. The van der Waals surface area contributed by atoms with Crippen molar-refractivity contribution in [3.63, 3.8) is 0 Å². The van der Waals surface area contributed by atoms with Crippen molar-refractivity contribution < 1.29 is 22.3 Å². The number of amides is 1. The lowest BCUT2D eigenvalue weighted by atomic mass is 10.1. The van der Waals surface area contributed by atoms with Gasteiger partial charge in [0.05, 0.1) is 16.5 Å². The minimum Gasteiger partial charge on any atom is -0.748 e. The van der Waals surface area contributed by atoms with Crippen LogP contribution in [0.2, 0.25) is 0 Å². The Kier molecular flexibility index (Phi) is 4.20. The number of benzene rings is 1. The molecular weight excluding hydrogens is 280 g/mol. The minimum atomic E-state index is -4.18. The predicted octanol–water partition coefficient (Wildman–Crippen LogP) is 0.138. The highest BCUT2D eigenvalue weighted by Crippen LogP contribution is 2.26. The summed E-state index contributed by atoms with van der Waals surface area (Å²) in [5.41, 5.74) is 7.84. The summed E-state index contributed by atoms with van der Waals surface area (Å²) < 4.78 is 33.5. The molecule has 0 aromatic heterocycles. The molecule has 1 aliphatic heterocycles. The molecule has 0 atom stereocenters. The van der Waals surface area contributed by atoms with Crippen molar-refractivity contribution in [3.8, 4) is 0 Å². The van der Waals surface area contributed by atoms with Gasteiger partial charge in [0.15, 0.2) is 0 Å². The Morgan fingerprint density at radius 3 is 2.65 bits per heavy atom. The van der Waals surface area contributed by atoms with E-state index in [1.807, 2.05) is 28.8 Å². The Hall–Kier alpha value is -1.73. The number of carbonyl (C=O) groups excluding carboxylic acids is 1. The van der Waals surface area contributed by atoms with Crippen LogP contribution in [0.15, 0.2) is 24.3 Å². The van der Waals surface area contributed by atoms with E-state index in [0.29, 0.717) is 25.1 Å². The third kappa shape index (κ3) is 3.43. The first-order valence-corrected chi connectivity index (χ1v) is 7.91. The van der Waals surface area contributed by atoms with E-state index in [2.05, 4.69) is 0 Å². The van der Waals surface area contributed by atoms with Gasteiger partial charge in [0.1, 0.15) is 6.54 Å². The molecule has 0 spiro atoms. The fourth-order valence-electron chi connectivity index (χ4n) is 2.37. The van der Waals surface area contributed by atoms with Gasteiger partial charge in [0.2, 0.25) is 5.69 Å². The maximum atomic E-state index is 11.5. The van der Waals surface area contributed by atoms with Crippen LogP contribution >= 0.6 is 0 Å². The van der Waals surface area contributed by atoms with Crippen molar-refractivity contribution >= 4 is 27.4 Å². The van der Waals surface area contributed by atoms with Crippen molar-refractivity contribution in [1.29, 1.82) is 0 Å². The first kappa shape index (κ1) is 14.7. The summed E-state index contributed by atoms with van der Waals surface area (Å²) in [7, 11) is -4.18. The minimum absolute atomic E-state index is 0.274. The van der Waals surface area contributed by atoms with E-state index in [1.54, 1.807) is 0 Å². The number of nitrogens with zero attached hydrogens (tertiary/aromatic N) is 1. The van der Waals surface area contributed by atoms with Crippen LogP contribution in [0, 0.1) is 0 Å². The van der Waals surface area contributed by atoms with Crippen molar-refractivity contribution in [2.24, 2.45) is 5.73 Å². The topological polar surface area (TPSA) is 103 Å². The van der Waals surface area contributed by atoms with E-state index in [9.17, 15) is 17.8 Å². The van der Waals surface area contributed by atoms with Crippen LogP contribution in [0.4, 0.5) is 5.69 Å². The van der Waals surface area contributed by atoms with Crippen LogP contribution in [0.3, 0.4) is 0 Å². The molecule has 2 rings (SSSR count). The Bertz CT molecular complexity index is 665. The number of para-hydroxylation sites is 1. The summed E-state index contributed by atoms with van der Waals surface area (Å²) >= 11 is 0. The molecule has 0 bridgehead atoms. The number of hydrogen-bond acceptors (Lipinski definition) is 4. The molecule has 1 aromatic rings. The van der Waals surface area contributed by atoms with Gasteiger partial charge < -0.3 is 10.3 Å². The van der Waals surface area contributed by atoms with Crippen molar-refractivity contribution in [2.75, 3.05) is 12.3 Å². The number of fused-ring (bicyclic) bond motifs is 1. The smallest absolute Gasteiger partial charge is 0.309 e. The maximum absolute atomic E-state index is 11.5. The predicted molar refractivity (Wildman–Crippen MR) is 72.9 cm³/mol. The van der Waals surface area contributed by atoms with Crippen molar-refractivity contribution in [2.45, 2.75) is 19.3 Å². The quantitative estimate of drug-likeness (QED) is 0.458. The van der Waals surface area contributed by atoms with Gasteiger partial charge in [-0.2, -0.15) is 4.58 Å². The molecule has 2 N–H and O–H groups in total. The number of hydrogen-bond donors (Lipinski definition) is 1. The average molecular weight is 296 g/mol. The van der Waals surface area contributed by atoms with E-state index < -0.39 is 16.0 Å². The lowest BCUT2D eigenvalue weighted by Crippen LogP contribution is -2.30. The van der Waals surface area contributed by atoms with Crippen LogP contribution in [0.1, 0.15) is 18.4 Å². The highest BCUT2D eigenvalue weighted by Gasteiger charge is 2.32. The molecule has 6 nitrogen and oxygen atoms in total. The fourth-order valence-corrected chi connectivity index (χ4v) is 2.93. The van der Waals surface area contributed by atoms with Gasteiger partial charge in [0.25, 0.3) is 5.71 Å². The molecule has 7 heteroatoms. The molecule has 0 unspecified atom stereocenters. The Morgan fingerprint density at radius 2 is 2.00 bits per heavy atom. The Labute approximate surface area is 117 Å². The fraction of sp³-hybridized carbons (Fsp3) is 0.385. The zero-order valence-corrected chi connectivity index (χ0v) is 11.7. The molecule has 1 amide bonds. The van der Waals surface area contributed by atoms with Gasteiger partial charge in [-0.25, -0.2) is 8.42 Å². The summed E-state index contributed by atoms with van der Waals surface area (Å²) in [6.45, 7) is 0.477. The molecule has 0 radical (unpaired) electrons. The Balaban J connectivity index is 2.10. The summed E-state index contributed by atoms with van der Waals surface area (Å²) in [5, 5.41) is 0. The summed E-state index contributed by atoms with van der Waals surface area (Å²) in [6, 6.07) is 7.60. The van der Waals surface area contributed by atoms with E-state index >= 15 is 0 Å². The lowest BCUT2D eigenvalue weighted by Gasteiger charge is -2.06. The molecule has 0 aliphatic carbocycles. The number of rotatable bonds is 6. The van der Waals surface area contributed by atoms with Crippen LogP contribution in [0.25, 0.3) is 0 Å². The monoisotopic (exact) mass is 296 g/mol. The van der Waals surface area contributed by atoms with Crippen LogP contribution < -0.4 is 5.73 Å². The molecule has 1 aliphatic rings. The molecule has 1 heterocycles. The maximum Gasteiger partial charge on any atom is 0.309 e. The number of unbranched alkanes of at least 4 members (excludes halogenated alkanes) is 1. The van der Waals surface area contributed by atoms with Gasteiger partial charge >= 0.3 is 5.91 Å². The molecular formula is C13H16N2O4S. The van der Waals surface area contributed by atoms with Crippen molar-refractivity contribution in [3.05, 3.63) is 29.8 Å². The van der Waals surface area contributed by atoms with Crippen LogP contribution in [-0.2, 0) is 21.3 Å². The van der Waals surface area contributed by atoms with Gasteiger partial charge in [-0.3, -0.25) is 4.79 Å². The summed E-state index contributed by atoms with van der Waals surface area (Å²) in [6.07, 6.45) is 1.27. The lowest BCUT2D eigenvalue weighted by molar-refractivity contribution is -0.437. The zero-order valence-electron chi connectivity index (χ0n) is 10.9. The molecule has 0 saturated heterocycles. The second kappa shape index (κ2) is 5.72. The molecule has 0 saturated carbocycles. The third-order valence-electron chi connectivity index (χ3n) is 3.28. The Morgan fingerprint density at radius 1 is 1.30 bits per heavy atom. The third-order valence-corrected chi connectivity index (χ3v) is 4.07. The number of carbonyl (C=O) groups is 1. The summed E-state index contributed by atoms with van der Waals surface area (Å²) in [5.74, 6) is -0.855. The van der Waals surface area contributed by atoms with E-state index in [-0.39, 0.29) is 12.2 Å². The normalized spacial score (nSPS) is 14.4. The second-order valence-corrected chi connectivity index (χ2v) is 6.26.